The van der Waals surface area contributed by atoms with E-state index in [2.05, 4.69) is 31.5 Å². The number of nitrogens with zero attached hydrogens (tertiary/aromatic N) is 2. The zero-order valence-corrected chi connectivity index (χ0v) is 11.2. The molecule has 0 spiro atoms. The lowest BCUT2D eigenvalue weighted by Crippen LogP contribution is -2.58. The predicted molar refractivity (Wildman–Crippen MR) is 70.0 cm³/mol. The number of piperazine rings is 1. The lowest BCUT2D eigenvalue weighted by Gasteiger charge is -2.36. The van der Waals surface area contributed by atoms with Crippen LogP contribution < -0.4 is 15.5 Å². The zero-order valence-electron chi connectivity index (χ0n) is 9.61. The number of carbonyl (C=O) groups excluding carboxylic acids is 1. The van der Waals surface area contributed by atoms with Gasteiger partial charge >= 0.3 is 0 Å². The maximum atomic E-state index is 11.8. The van der Waals surface area contributed by atoms with E-state index in [0.717, 1.165) is 23.4 Å². The van der Waals surface area contributed by atoms with Crippen LogP contribution in [0.5, 0.6) is 0 Å². The highest BCUT2D eigenvalue weighted by Crippen LogP contribution is 2.25. The Morgan fingerprint density at radius 1 is 1.71 bits per heavy atom. The molecule has 0 aliphatic carbocycles. The number of rotatable bonds is 2. The van der Waals surface area contributed by atoms with Gasteiger partial charge in [-0.15, -0.1) is 0 Å². The van der Waals surface area contributed by atoms with E-state index in [4.69, 9.17) is 0 Å². The Morgan fingerprint density at radius 2 is 2.53 bits per heavy atom. The number of aromatic nitrogens is 1. The molecule has 1 aliphatic heterocycles. The third-order valence-corrected chi connectivity index (χ3v) is 3.42. The summed E-state index contributed by atoms with van der Waals surface area (Å²) < 4.78 is 0.913. The van der Waals surface area contributed by atoms with Crippen molar-refractivity contribution in [3.63, 3.8) is 0 Å². The van der Waals surface area contributed by atoms with Gasteiger partial charge in [0.1, 0.15) is 11.9 Å². The SMILES string of the molecule is CNC(=O)C1CNCCN1c1ncccc1Br. The minimum absolute atomic E-state index is 0.00903. The highest BCUT2D eigenvalue weighted by atomic mass is 79.9. The Morgan fingerprint density at radius 3 is 3.24 bits per heavy atom. The molecule has 1 fully saturated rings. The summed E-state index contributed by atoms with van der Waals surface area (Å²) in [7, 11) is 1.66. The Balaban J connectivity index is 2.28. The fraction of sp³-hybridized carbons (Fsp3) is 0.455. The van der Waals surface area contributed by atoms with Crippen molar-refractivity contribution in [2.24, 2.45) is 0 Å². The van der Waals surface area contributed by atoms with Gasteiger partial charge in [-0.3, -0.25) is 4.79 Å². The van der Waals surface area contributed by atoms with Gasteiger partial charge in [0, 0.05) is 32.9 Å². The second kappa shape index (κ2) is 5.46. The van der Waals surface area contributed by atoms with Crippen molar-refractivity contribution in [3.05, 3.63) is 22.8 Å². The van der Waals surface area contributed by atoms with Crippen molar-refractivity contribution >= 4 is 27.7 Å². The van der Waals surface area contributed by atoms with E-state index in [0.29, 0.717) is 6.54 Å². The van der Waals surface area contributed by atoms with Crippen LogP contribution in [0.4, 0.5) is 5.82 Å². The second-order valence-electron chi connectivity index (χ2n) is 3.84. The van der Waals surface area contributed by atoms with Crippen LogP contribution in [0.15, 0.2) is 22.8 Å². The molecule has 1 aliphatic rings. The number of pyridine rings is 1. The van der Waals surface area contributed by atoms with Gasteiger partial charge in [0.15, 0.2) is 0 Å². The first-order chi connectivity index (χ1) is 8.24. The van der Waals surface area contributed by atoms with Gasteiger partial charge in [-0.25, -0.2) is 4.98 Å². The van der Waals surface area contributed by atoms with E-state index < -0.39 is 0 Å². The molecule has 2 rings (SSSR count). The molecule has 6 heteroatoms. The van der Waals surface area contributed by atoms with Gasteiger partial charge < -0.3 is 15.5 Å². The molecule has 0 radical (unpaired) electrons. The largest absolute Gasteiger partial charge is 0.357 e. The molecule has 1 saturated heterocycles. The average Bonchev–Trinajstić information content (AvgIpc) is 2.38. The van der Waals surface area contributed by atoms with Crippen LogP contribution >= 0.6 is 15.9 Å². The van der Waals surface area contributed by atoms with Crippen LogP contribution in [0.3, 0.4) is 0 Å². The molecule has 1 atom stereocenters. The minimum Gasteiger partial charge on any atom is -0.357 e. The normalized spacial score (nSPS) is 20.1. The molecule has 17 heavy (non-hydrogen) atoms. The summed E-state index contributed by atoms with van der Waals surface area (Å²) in [6, 6.07) is 3.59. The molecular formula is C11H15BrN4O. The molecule has 0 aromatic carbocycles. The molecule has 2 heterocycles. The predicted octanol–water partition coefficient (Wildman–Crippen LogP) is 0.368. The number of carbonyl (C=O) groups is 1. The van der Waals surface area contributed by atoms with Crippen LogP contribution in [0, 0.1) is 0 Å². The summed E-state index contributed by atoms with van der Waals surface area (Å²) in [5.41, 5.74) is 0. The molecule has 2 N–H and O–H groups in total. The third kappa shape index (κ3) is 2.58. The molecule has 0 bridgehead atoms. The summed E-state index contributed by atoms with van der Waals surface area (Å²) in [5.74, 6) is 0.831. The summed E-state index contributed by atoms with van der Waals surface area (Å²) >= 11 is 3.47. The van der Waals surface area contributed by atoms with E-state index in [1.54, 1.807) is 13.2 Å². The summed E-state index contributed by atoms with van der Waals surface area (Å²) in [6.45, 7) is 2.27. The van der Waals surface area contributed by atoms with E-state index >= 15 is 0 Å². The monoisotopic (exact) mass is 298 g/mol. The van der Waals surface area contributed by atoms with Crippen molar-refractivity contribution in [1.82, 2.24) is 15.6 Å². The molecule has 1 amide bonds. The van der Waals surface area contributed by atoms with Crippen molar-refractivity contribution < 1.29 is 4.79 Å². The number of likely N-dealkylation sites (N-methyl/N-ethyl adjacent to an activating group) is 1. The van der Waals surface area contributed by atoms with Crippen LogP contribution in [0.25, 0.3) is 0 Å². The molecule has 1 aromatic rings. The van der Waals surface area contributed by atoms with E-state index in [-0.39, 0.29) is 11.9 Å². The second-order valence-corrected chi connectivity index (χ2v) is 4.69. The highest BCUT2D eigenvalue weighted by Gasteiger charge is 2.29. The standard InChI is InChI=1S/C11H15BrN4O/c1-13-11(17)9-7-14-5-6-16(9)10-8(12)3-2-4-15-10/h2-4,9,14H,5-7H2,1H3,(H,13,17). The maximum absolute atomic E-state index is 11.8. The maximum Gasteiger partial charge on any atom is 0.243 e. The Labute approximate surface area is 109 Å². The van der Waals surface area contributed by atoms with Gasteiger partial charge in [0.25, 0.3) is 0 Å². The number of halogens is 1. The number of nitrogens with one attached hydrogen (secondary N) is 2. The van der Waals surface area contributed by atoms with Crippen LogP contribution in [-0.2, 0) is 4.79 Å². The zero-order chi connectivity index (χ0) is 12.3. The highest BCUT2D eigenvalue weighted by molar-refractivity contribution is 9.10. The average molecular weight is 299 g/mol. The minimum atomic E-state index is -0.208. The van der Waals surface area contributed by atoms with Gasteiger partial charge in [-0.1, -0.05) is 0 Å². The lowest BCUT2D eigenvalue weighted by atomic mass is 10.1. The van der Waals surface area contributed by atoms with Gasteiger partial charge in [0.05, 0.1) is 4.47 Å². The third-order valence-electron chi connectivity index (χ3n) is 2.80. The fourth-order valence-electron chi connectivity index (χ4n) is 1.95. The van der Waals surface area contributed by atoms with E-state index in [1.165, 1.54) is 0 Å². The van der Waals surface area contributed by atoms with Crippen LogP contribution in [0.2, 0.25) is 0 Å². The topological polar surface area (TPSA) is 57.3 Å². The number of anilines is 1. The van der Waals surface area contributed by atoms with E-state index in [9.17, 15) is 4.79 Å². The molecular weight excluding hydrogens is 284 g/mol. The molecule has 0 saturated carbocycles. The van der Waals surface area contributed by atoms with Gasteiger partial charge in [-0.2, -0.15) is 0 Å². The number of amides is 1. The summed E-state index contributed by atoms with van der Waals surface area (Å²) in [5, 5.41) is 5.91. The van der Waals surface area contributed by atoms with Crippen LogP contribution in [0.1, 0.15) is 0 Å². The van der Waals surface area contributed by atoms with Crippen molar-refractivity contribution in [2.45, 2.75) is 6.04 Å². The lowest BCUT2D eigenvalue weighted by molar-refractivity contribution is -0.122. The van der Waals surface area contributed by atoms with Crippen molar-refractivity contribution in [1.29, 1.82) is 0 Å². The molecule has 1 aromatic heterocycles. The molecule has 5 nitrogen and oxygen atoms in total. The van der Waals surface area contributed by atoms with Gasteiger partial charge in [-0.05, 0) is 28.1 Å². The Hall–Kier alpha value is -1.14. The quantitative estimate of drug-likeness (QED) is 0.828. The van der Waals surface area contributed by atoms with Gasteiger partial charge in [0.2, 0.25) is 5.91 Å². The Bertz CT molecular complexity index is 412. The van der Waals surface area contributed by atoms with Crippen LogP contribution in [-0.4, -0.2) is 43.6 Å². The fourth-order valence-corrected chi connectivity index (χ4v) is 2.43. The number of hydrogen-bond donors (Lipinski definition) is 2. The van der Waals surface area contributed by atoms with Crippen molar-refractivity contribution in [2.75, 3.05) is 31.6 Å². The summed E-state index contributed by atoms with van der Waals surface area (Å²) in [6.07, 6.45) is 1.74. The summed E-state index contributed by atoms with van der Waals surface area (Å²) in [4.78, 5) is 18.2. The molecule has 92 valence electrons. The first-order valence-electron chi connectivity index (χ1n) is 5.53. The first kappa shape index (κ1) is 12.3. The molecule has 1 unspecified atom stereocenters. The van der Waals surface area contributed by atoms with Crippen molar-refractivity contribution in [3.8, 4) is 0 Å². The Kier molecular flexibility index (Phi) is 3.96. The van der Waals surface area contributed by atoms with E-state index in [1.807, 2.05) is 17.0 Å². The smallest absolute Gasteiger partial charge is 0.243 e. The first-order valence-corrected chi connectivity index (χ1v) is 6.33. The number of hydrogen-bond acceptors (Lipinski definition) is 4.